The highest BCUT2D eigenvalue weighted by Gasteiger charge is 2.17. The summed E-state index contributed by atoms with van der Waals surface area (Å²) in [4.78, 5) is 23.3. The van der Waals surface area contributed by atoms with Gasteiger partial charge in [0.05, 0.1) is 5.56 Å². The Bertz CT molecular complexity index is 495. The summed E-state index contributed by atoms with van der Waals surface area (Å²) in [5, 5.41) is 2.70. The van der Waals surface area contributed by atoms with E-state index >= 15 is 0 Å². The van der Waals surface area contributed by atoms with Gasteiger partial charge in [0.2, 0.25) is 0 Å². The molecule has 0 unspecified atom stereocenters. The summed E-state index contributed by atoms with van der Waals surface area (Å²) in [6, 6.07) is 4.87. The highest BCUT2D eigenvalue weighted by molar-refractivity contribution is 9.10. The smallest absolute Gasteiger partial charge is 0.340 e. The van der Waals surface area contributed by atoms with Crippen LogP contribution in [0.15, 0.2) is 22.7 Å². The lowest BCUT2D eigenvalue weighted by molar-refractivity contribution is -0.125. The molecule has 0 aliphatic heterocycles. The van der Waals surface area contributed by atoms with Crippen molar-refractivity contribution in [1.29, 1.82) is 0 Å². The van der Waals surface area contributed by atoms with Crippen molar-refractivity contribution >= 4 is 33.5 Å². The molecule has 3 N–H and O–H groups in total. The fourth-order valence-electron chi connectivity index (χ4n) is 1.37. The number of benzene rings is 1. The molecule has 0 spiro atoms. The molecule has 0 heterocycles. The molecule has 0 saturated carbocycles. The summed E-state index contributed by atoms with van der Waals surface area (Å²) in [6.45, 7) is 5.21. The van der Waals surface area contributed by atoms with Gasteiger partial charge in [0, 0.05) is 15.7 Å². The molecule has 104 valence electrons. The third kappa shape index (κ3) is 5.30. The normalized spacial score (nSPS) is 10.9. The Balaban J connectivity index is 2.61. The highest BCUT2D eigenvalue weighted by Crippen LogP contribution is 2.19. The first-order chi connectivity index (χ1) is 8.69. The summed E-state index contributed by atoms with van der Waals surface area (Å²) >= 11 is 3.24. The van der Waals surface area contributed by atoms with Gasteiger partial charge in [0.15, 0.2) is 6.61 Å². The number of nitrogens with two attached hydrogens (primary N) is 1. The molecule has 0 atom stereocenters. The number of esters is 1. The van der Waals surface area contributed by atoms with Gasteiger partial charge in [-0.2, -0.15) is 0 Å². The van der Waals surface area contributed by atoms with Gasteiger partial charge >= 0.3 is 5.97 Å². The molecule has 5 nitrogen and oxygen atoms in total. The maximum absolute atomic E-state index is 11.8. The molecule has 0 aliphatic carbocycles. The maximum Gasteiger partial charge on any atom is 0.340 e. The molecule has 0 aliphatic rings. The van der Waals surface area contributed by atoms with Crippen LogP contribution in [-0.2, 0) is 9.53 Å². The second-order valence-electron chi connectivity index (χ2n) is 5.11. The fourth-order valence-corrected chi connectivity index (χ4v) is 1.73. The molecule has 0 bridgehead atoms. The van der Waals surface area contributed by atoms with E-state index < -0.39 is 5.97 Å². The number of carbonyl (C=O) groups is 2. The molecule has 1 aromatic rings. The maximum atomic E-state index is 11.8. The second-order valence-corrected chi connectivity index (χ2v) is 6.02. The number of ether oxygens (including phenoxy) is 1. The first-order valence-electron chi connectivity index (χ1n) is 5.72. The monoisotopic (exact) mass is 328 g/mol. The summed E-state index contributed by atoms with van der Waals surface area (Å²) in [5.74, 6) is -0.975. The Hall–Kier alpha value is -1.56. The van der Waals surface area contributed by atoms with Crippen LogP contribution in [0, 0.1) is 0 Å². The molecule has 19 heavy (non-hydrogen) atoms. The van der Waals surface area contributed by atoms with Crippen LogP contribution in [-0.4, -0.2) is 24.0 Å². The second kappa shape index (κ2) is 6.06. The highest BCUT2D eigenvalue weighted by atomic mass is 79.9. The van der Waals surface area contributed by atoms with Crippen molar-refractivity contribution < 1.29 is 14.3 Å². The van der Waals surface area contributed by atoms with Gasteiger partial charge in [-0.25, -0.2) is 4.79 Å². The van der Waals surface area contributed by atoms with Gasteiger partial charge in [-0.05, 0) is 39.0 Å². The van der Waals surface area contributed by atoms with E-state index in [1.54, 1.807) is 18.2 Å². The molecule has 1 amide bonds. The van der Waals surface area contributed by atoms with Gasteiger partial charge in [-0.3, -0.25) is 4.79 Å². The van der Waals surface area contributed by atoms with Crippen LogP contribution in [0.25, 0.3) is 0 Å². The Labute approximate surface area is 120 Å². The molecule has 0 radical (unpaired) electrons. The number of nitrogens with one attached hydrogen (secondary N) is 1. The van der Waals surface area contributed by atoms with Gasteiger partial charge < -0.3 is 15.8 Å². The SMILES string of the molecule is CC(C)(C)NC(=O)COC(=O)c1cc(Br)ccc1N. The molecule has 0 saturated heterocycles. The summed E-state index contributed by atoms with van der Waals surface area (Å²) in [6.07, 6.45) is 0. The largest absolute Gasteiger partial charge is 0.452 e. The van der Waals surface area contributed by atoms with Crippen molar-refractivity contribution in [3.8, 4) is 0 Å². The van der Waals surface area contributed by atoms with E-state index in [0.29, 0.717) is 10.2 Å². The predicted molar refractivity (Wildman–Crippen MR) is 76.7 cm³/mol. The van der Waals surface area contributed by atoms with Crippen molar-refractivity contribution in [2.24, 2.45) is 0 Å². The third-order valence-corrected chi connectivity index (χ3v) is 2.58. The van der Waals surface area contributed by atoms with Crippen LogP contribution in [0.2, 0.25) is 0 Å². The number of nitrogen functional groups attached to an aromatic ring is 1. The van der Waals surface area contributed by atoms with Crippen LogP contribution >= 0.6 is 15.9 Å². The molecule has 1 rings (SSSR count). The zero-order chi connectivity index (χ0) is 14.6. The van der Waals surface area contributed by atoms with E-state index in [-0.39, 0.29) is 23.6 Å². The van der Waals surface area contributed by atoms with Crippen molar-refractivity contribution in [1.82, 2.24) is 5.32 Å². The first kappa shape index (κ1) is 15.5. The number of rotatable bonds is 3. The summed E-state index contributed by atoms with van der Waals surface area (Å²) in [5.41, 5.74) is 5.86. The average Bonchev–Trinajstić information content (AvgIpc) is 2.27. The molecule has 6 heteroatoms. The first-order valence-corrected chi connectivity index (χ1v) is 6.51. The Kier molecular flexibility index (Phi) is 4.94. The lowest BCUT2D eigenvalue weighted by Gasteiger charge is -2.20. The predicted octanol–water partition coefficient (Wildman–Crippen LogP) is 2.10. The van der Waals surface area contributed by atoms with Gasteiger partial charge in [0.25, 0.3) is 5.91 Å². The van der Waals surface area contributed by atoms with E-state index in [2.05, 4.69) is 21.2 Å². The number of halogens is 1. The summed E-state index contributed by atoms with van der Waals surface area (Å²) < 4.78 is 5.64. The van der Waals surface area contributed by atoms with Gasteiger partial charge in [0.1, 0.15) is 0 Å². The fraction of sp³-hybridized carbons (Fsp3) is 0.385. The van der Waals surface area contributed by atoms with Crippen molar-refractivity contribution in [2.45, 2.75) is 26.3 Å². The lowest BCUT2D eigenvalue weighted by Crippen LogP contribution is -2.42. The molecule has 1 aromatic carbocycles. The van der Waals surface area contributed by atoms with Crippen LogP contribution in [0.1, 0.15) is 31.1 Å². The Morgan fingerprint density at radius 2 is 2.00 bits per heavy atom. The van der Waals surface area contributed by atoms with Crippen molar-refractivity contribution in [3.05, 3.63) is 28.2 Å². The zero-order valence-electron chi connectivity index (χ0n) is 11.1. The van der Waals surface area contributed by atoms with E-state index in [9.17, 15) is 9.59 Å². The van der Waals surface area contributed by atoms with Crippen LogP contribution in [0.4, 0.5) is 5.69 Å². The topological polar surface area (TPSA) is 81.4 Å². The lowest BCUT2D eigenvalue weighted by atomic mass is 10.1. The van der Waals surface area contributed by atoms with Gasteiger partial charge in [-0.1, -0.05) is 15.9 Å². The quantitative estimate of drug-likeness (QED) is 0.657. The minimum Gasteiger partial charge on any atom is -0.452 e. The van der Waals surface area contributed by atoms with Crippen molar-refractivity contribution in [3.63, 3.8) is 0 Å². The number of anilines is 1. The Morgan fingerprint density at radius 1 is 1.37 bits per heavy atom. The van der Waals surface area contributed by atoms with E-state index in [0.717, 1.165) is 0 Å². The number of hydrogen-bond acceptors (Lipinski definition) is 4. The van der Waals surface area contributed by atoms with Crippen LogP contribution in [0.5, 0.6) is 0 Å². The number of amides is 1. The standard InChI is InChI=1S/C13H17BrN2O3/c1-13(2,3)16-11(17)7-19-12(18)9-6-8(14)4-5-10(9)15/h4-6H,7,15H2,1-3H3,(H,16,17). The summed E-state index contributed by atoms with van der Waals surface area (Å²) in [7, 11) is 0. The average molecular weight is 329 g/mol. The molecular weight excluding hydrogens is 312 g/mol. The molecule has 0 fully saturated rings. The zero-order valence-corrected chi connectivity index (χ0v) is 12.7. The van der Waals surface area contributed by atoms with E-state index in [4.69, 9.17) is 10.5 Å². The number of carbonyl (C=O) groups excluding carboxylic acids is 2. The van der Waals surface area contributed by atoms with Crippen LogP contribution < -0.4 is 11.1 Å². The minimum atomic E-state index is -0.622. The van der Waals surface area contributed by atoms with E-state index in [1.807, 2.05) is 20.8 Å². The van der Waals surface area contributed by atoms with Crippen molar-refractivity contribution in [2.75, 3.05) is 12.3 Å². The van der Waals surface area contributed by atoms with E-state index in [1.165, 1.54) is 0 Å². The van der Waals surface area contributed by atoms with Gasteiger partial charge in [-0.15, -0.1) is 0 Å². The molecular formula is C13H17BrN2O3. The molecule has 0 aromatic heterocycles. The Morgan fingerprint density at radius 3 is 2.58 bits per heavy atom. The third-order valence-electron chi connectivity index (χ3n) is 2.08. The van der Waals surface area contributed by atoms with Crippen LogP contribution in [0.3, 0.4) is 0 Å². The number of hydrogen-bond donors (Lipinski definition) is 2. The minimum absolute atomic E-state index is 0.234.